The second kappa shape index (κ2) is 6.65. The van der Waals surface area contributed by atoms with Crippen LogP contribution in [0.5, 0.6) is 23.0 Å². The van der Waals surface area contributed by atoms with Crippen molar-refractivity contribution in [3.05, 3.63) is 41.1 Å². The van der Waals surface area contributed by atoms with E-state index < -0.39 is 0 Å². The maximum Gasteiger partial charge on any atom is 0.162 e. The smallest absolute Gasteiger partial charge is 0.162 e. The average Bonchev–Trinajstić information content (AvgIpc) is 2.71. The van der Waals surface area contributed by atoms with Crippen molar-refractivity contribution in [2.24, 2.45) is 0 Å². The predicted molar refractivity (Wildman–Crippen MR) is 106 cm³/mol. The fourth-order valence-electron chi connectivity index (χ4n) is 3.97. The molecule has 1 aliphatic carbocycles. The van der Waals surface area contributed by atoms with Crippen molar-refractivity contribution in [3.8, 4) is 34.1 Å². The largest absolute Gasteiger partial charge is 0.493 e. The van der Waals surface area contributed by atoms with Gasteiger partial charge in [-0.25, -0.2) is 0 Å². The highest BCUT2D eigenvalue weighted by molar-refractivity contribution is 5.93. The summed E-state index contributed by atoms with van der Waals surface area (Å²) in [4.78, 5) is 4.95. The van der Waals surface area contributed by atoms with Gasteiger partial charge in [-0.15, -0.1) is 0 Å². The van der Waals surface area contributed by atoms with Gasteiger partial charge < -0.3 is 18.9 Å². The summed E-state index contributed by atoms with van der Waals surface area (Å²) in [7, 11) is 6.62. The van der Waals surface area contributed by atoms with Gasteiger partial charge in [0.15, 0.2) is 23.0 Å². The summed E-state index contributed by atoms with van der Waals surface area (Å²) < 4.78 is 21.9. The number of hydrogen-bond donors (Lipinski definition) is 0. The number of nitrogens with zero attached hydrogens (tertiary/aromatic N) is 1. The topological polar surface area (TPSA) is 49.8 Å². The summed E-state index contributed by atoms with van der Waals surface area (Å²) >= 11 is 0. The SMILES string of the molecule is COc1cc2c(cc1OC)-c1c(nc3cc(OC)c(OC)cc3c1C)CC2. The van der Waals surface area contributed by atoms with Gasteiger partial charge in [-0.3, -0.25) is 4.98 Å². The van der Waals surface area contributed by atoms with Crippen LogP contribution in [0.2, 0.25) is 0 Å². The van der Waals surface area contributed by atoms with Crippen LogP contribution >= 0.6 is 0 Å². The minimum Gasteiger partial charge on any atom is -0.493 e. The molecule has 0 atom stereocenters. The van der Waals surface area contributed by atoms with E-state index in [2.05, 4.69) is 19.1 Å². The van der Waals surface area contributed by atoms with Gasteiger partial charge in [-0.05, 0) is 54.7 Å². The van der Waals surface area contributed by atoms with Crippen LogP contribution in [0.4, 0.5) is 0 Å². The molecule has 0 radical (unpaired) electrons. The highest BCUT2D eigenvalue weighted by Gasteiger charge is 2.24. The van der Waals surface area contributed by atoms with E-state index in [1.54, 1.807) is 28.4 Å². The molecule has 0 amide bonds. The molecule has 0 aliphatic heterocycles. The Hall–Kier alpha value is -2.95. The third-order valence-electron chi connectivity index (χ3n) is 5.33. The Bertz CT molecular complexity index is 1040. The Labute approximate surface area is 158 Å². The highest BCUT2D eigenvalue weighted by atomic mass is 16.5. The van der Waals surface area contributed by atoms with E-state index in [0.717, 1.165) is 46.5 Å². The molecule has 0 saturated heterocycles. The summed E-state index contributed by atoms with van der Waals surface area (Å²) in [5.74, 6) is 2.89. The van der Waals surface area contributed by atoms with Crippen LogP contribution in [0, 0.1) is 6.92 Å². The molecule has 140 valence electrons. The van der Waals surface area contributed by atoms with Crippen LogP contribution in [-0.2, 0) is 12.8 Å². The van der Waals surface area contributed by atoms with E-state index >= 15 is 0 Å². The van der Waals surface area contributed by atoms with Gasteiger partial charge in [0.1, 0.15) is 0 Å². The maximum absolute atomic E-state index is 5.53. The van der Waals surface area contributed by atoms with Gasteiger partial charge >= 0.3 is 0 Å². The zero-order valence-electron chi connectivity index (χ0n) is 16.3. The number of hydrogen-bond acceptors (Lipinski definition) is 5. The molecule has 5 nitrogen and oxygen atoms in total. The highest BCUT2D eigenvalue weighted by Crippen LogP contribution is 2.44. The molecule has 3 aromatic rings. The Morgan fingerprint density at radius 1 is 0.741 bits per heavy atom. The van der Waals surface area contributed by atoms with E-state index in [1.165, 1.54) is 16.7 Å². The van der Waals surface area contributed by atoms with Crippen LogP contribution in [0.15, 0.2) is 24.3 Å². The predicted octanol–water partition coefficient (Wildman–Crippen LogP) is 4.34. The van der Waals surface area contributed by atoms with Crippen LogP contribution in [0.3, 0.4) is 0 Å². The number of aromatic nitrogens is 1. The fourth-order valence-corrected chi connectivity index (χ4v) is 3.97. The molecule has 1 heterocycles. The molecular weight excluding hydrogens is 342 g/mol. The lowest BCUT2D eigenvalue weighted by Crippen LogP contribution is -2.09. The molecule has 0 fully saturated rings. The van der Waals surface area contributed by atoms with E-state index in [4.69, 9.17) is 23.9 Å². The summed E-state index contributed by atoms with van der Waals surface area (Å²) in [6, 6.07) is 8.10. The Kier molecular flexibility index (Phi) is 4.30. The molecule has 4 rings (SSSR count). The summed E-state index contributed by atoms with van der Waals surface area (Å²) in [5.41, 5.74) is 6.81. The standard InChI is InChI=1S/C22H23NO4/c1-12-14-9-19(25-3)21(27-5)11-17(14)23-16-7-6-13-8-18(24-2)20(26-4)10-15(13)22(12)16/h8-11H,6-7H2,1-5H3. The molecule has 1 aromatic heterocycles. The lowest BCUT2D eigenvalue weighted by atomic mass is 9.84. The van der Waals surface area contributed by atoms with Crippen LogP contribution < -0.4 is 18.9 Å². The molecule has 0 spiro atoms. The van der Waals surface area contributed by atoms with Crippen LogP contribution in [0.1, 0.15) is 16.8 Å². The second-order valence-corrected chi connectivity index (χ2v) is 6.65. The second-order valence-electron chi connectivity index (χ2n) is 6.65. The van der Waals surface area contributed by atoms with Gasteiger partial charge in [0.2, 0.25) is 0 Å². The first kappa shape index (κ1) is 17.5. The number of aryl methyl sites for hydroxylation is 3. The van der Waals surface area contributed by atoms with E-state index in [-0.39, 0.29) is 0 Å². The molecule has 27 heavy (non-hydrogen) atoms. The van der Waals surface area contributed by atoms with Gasteiger partial charge in [0.25, 0.3) is 0 Å². The number of rotatable bonds is 4. The molecule has 0 unspecified atom stereocenters. The van der Waals surface area contributed by atoms with Crippen molar-refractivity contribution in [1.29, 1.82) is 0 Å². The van der Waals surface area contributed by atoms with Crippen molar-refractivity contribution in [2.75, 3.05) is 28.4 Å². The van der Waals surface area contributed by atoms with Gasteiger partial charge in [-0.1, -0.05) is 0 Å². The fraction of sp³-hybridized carbons (Fsp3) is 0.318. The van der Waals surface area contributed by atoms with E-state index in [0.29, 0.717) is 11.5 Å². The number of ether oxygens (including phenoxy) is 4. The summed E-state index contributed by atoms with van der Waals surface area (Å²) in [6.45, 7) is 2.14. The first-order valence-electron chi connectivity index (χ1n) is 8.91. The summed E-state index contributed by atoms with van der Waals surface area (Å²) in [5, 5.41) is 1.06. The van der Waals surface area contributed by atoms with Gasteiger partial charge in [0.05, 0.1) is 34.0 Å². The summed E-state index contributed by atoms with van der Waals surface area (Å²) in [6.07, 6.45) is 1.82. The van der Waals surface area contributed by atoms with Crippen molar-refractivity contribution in [2.45, 2.75) is 19.8 Å². The molecule has 0 N–H and O–H groups in total. The maximum atomic E-state index is 5.53. The zero-order valence-corrected chi connectivity index (χ0v) is 16.3. The quantitative estimate of drug-likeness (QED) is 0.688. The Morgan fingerprint density at radius 2 is 1.33 bits per heavy atom. The molecule has 2 aromatic carbocycles. The van der Waals surface area contributed by atoms with Crippen molar-refractivity contribution in [3.63, 3.8) is 0 Å². The minimum atomic E-state index is 0.694. The third-order valence-corrected chi connectivity index (χ3v) is 5.33. The molecule has 5 heteroatoms. The first-order chi connectivity index (χ1) is 13.1. The minimum absolute atomic E-state index is 0.694. The monoisotopic (exact) mass is 365 g/mol. The van der Waals surface area contributed by atoms with E-state index in [9.17, 15) is 0 Å². The molecule has 0 saturated carbocycles. The molecular formula is C22H23NO4. The van der Waals surface area contributed by atoms with Gasteiger partial charge in [0, 0.05) is 22.7 Å². The average molecular weight is 365 g/mol. The first-order valence-corrected chi connectivity index (χ1v) is 8.91. The van der Waals surface area contributed by atoms with Gasteiger partial charge in [-0.2, -0.15) is 0 Å². The van der Waals surface area contributed by atoms with Crippen molar-refractivity contribution in [1.82, 2.24) is 4.98 Å². The lowest BCUT2D eigenvalue weighted by Gasteiger charge is -2.24. The van der Waals surface area contributed by atoms with Crippen molar-refractivity contribution < 1.29 is 18.9 Å². The van der Waals surface area contributed by atoms with Crippen LogP contribution in [-0.4, -0.2) is 33.4 Å². The Balaban J connectivity index is 2.01. The number of benzene rings is 2. The number of pyridine rings is 1. The van der Waals surface area contributed by atoms with E-state index in [1.807, 2.05) is 12.1 Å². The lowest BCUT2D eigenvalue weighted by molar-refractivity contribution is 0.354. The zero-order chi connectivity index (χ0) is 19.1. The molecule has 1 aliphatic rings. The van der Waals surface area contributed by atoms with Crippen molar-refractivity contribution >= 4 is 10.9 Å². The number of methoxy groups -OCH3 is 4. The van der Waals surface area contributed by atoms with Crippen LogP contribution in [0.25, 0.3) is 22.0 Å². The number of fused-ring (bicyclic) bond motifs is 4. The Morgan fingerprint density at radius 3 is 2.00 bits per heavy atom. The molecule has 0 bridgehead atoms. The third kappa shape index (κ3) is 2.65. The normalized spacial score (nSPS) is 12.3.